The van der Waals surface area contributed by atoms with Crippen LogP contribution in [0.25, 0.3) is 0 Å². The normalized spacial score (nSPS) is 29.4. The summed E-state index contributed by atoms with van der Waals surface area (Å²) in [6, 6.07) is 25.4. The summed E-state index contributed by atoms with van der Waals surface area (Å²) >= 11 is 0. The molecule has 0 radical (unpaired) electrons. The van der Waals surface area contributed by atoms with E-state index in [4.69, 9.17) is 15.2 Å². The molecule has 6 atom stereocenters. The SMILES string of the molecule is COC1(C2Cc3ccccc3C2NC(=O)OC(C)(C)C)c2ccccc2CC1C1Cc2ccccc2C1N. The van der Waals surface area contributed by atoms with Gasteiger partial charge >= 0.3 is 6.09 Å². The maximum Gasteiger partial charge on any atom is 0.408 e. The Balaban J connectivity index is 1.46. The maximum atomic E-state index is 13.2. The first-order valence-corrected chi connectivity index (χ1v) is 13.8. The largest absolute Gasteiger partial charge is 0.444 e. The highest BCUT2D eigenvalue weighted by Crippen LogP contribution is 2.60. The van der Waals surface area contributed by atoms with E-state index >= 15 is 0 Å². The number of carbonyl (C=O) groups excluding carboxylic acids is 1. The summed E-state index contributed by atoms with van der Waals surface area (Å²) in [6.45, 7) is 5.68. The molecule has 38 heavy (non-hydrogen) atoms. The van der Waals surface area contributed by atoms with Crippen LogP contribution in [0.15, 0.2) is 72.8 Å². The van der Waals surface area contributed by atoms with E-state index in [-0.39, 0.29) is 29.8 Å². The minimum atomic E-state index is -0.611. The molecule has 3 N–H and O–H groups in total. The molecule has 0 saturated carbocycles. The predicted molar refractivity (Wildman–Crippen MR) is 149 cm³/mol. The molecular formula is C33H38N2O3. The van der Waals surface area contributed by atoms with E-state index in [9.17, 15) is 4.79 Å². The van der Waals surface area contributed by atoms with Gasteiger partial charge in [-0.2, -0.15) is 0 Å². The van der Waals surface area contributed by atoms with Crippen LogP contribution < -0.4 is 11.1 Å². The number of rotatable bonds is 4. The fourth-order valence-corrected chi connectivity index (χ4v) is 7.68. The second-order valence-electron chi connectivity index (χ2n) is 12.2. The Morgan fingerprint density at radius 3 is 2.08 bits per heavy atom. The molecule has 0 heterocycles. The van der Waals surface area contributed by atoms with Crippen LogP contribution in [-0.2, 0) is 34.3 Å². The van der Waals surface area contributed by atoms with Gasteiger partial charge in [0.15, 0.2) is 0 Å². The third-order valence-corrected chi connectivity index (χ3v) is 9.07. The molecule has 0 bridgehead atoms. The lowest BCUT2D eigenvalue weighted by atomic mass is 9.67. The van der Waals surface area contributed by atoms with E-state index in [1.807, 2.05) is 33.9 Å². The van der Waals surface area contributed by atoms with Gasteiger partial charge in [0.25, 0.3) is 0 Å². The number of ether oxygens (including phenoxy) is 2. The summed E-state index contributed by atoms with van der Waals surface area (Å²) in [4.78, 5) is 13.2. The minimum Gasteiger partial charge on any atom is -0.444 e. The number of carbonyl (C=O) groups is 1. The molecule has 6 rings (SSSR count). The zero-order valence-corrected chi connectivity index (χ0v) is 22.7. The van der Waals surface area contributed by atoms with Gasteiger partial charge in [-0.1, -0.05) is 72.8 Å². The van der Waals surface area contributed by atoms with Gasteiger partial charge in [-0.3, -0.25) is 0 Å². The molecule has 0 saturated heterocycles. The molecule has 6 unspecified atom stereocenters. The molecule has 198 valence electrons. The molecule has 0 fully saturated rings. The number of hydrogen-bond donors (Lipinski definition) is 2. The van der Waals surface area contributed by atoms with Gasteiger partial charge in [-0.25, -0.2) is 4.79 Å². The van der Waals surface area contributed by atoms with E-state index in [0.29, 0.717) is 0 Å². The van der Waals surface area contributed by atoms with Crippen molar-refractivity contribution < 1.29 is 14.3 Å². The standard InChI is InChI=1S/C33H38N2O3/c1-32(2,3)38-31(36)35-30-24-15-9-6-12-21(24)18-28(30)33(37-4)26-16-10-7-13-22(26)19-27(33)25-17-20-11-5-8-14-23(20)29(25)34/h5-16,25,27-30H,17-19,34H2,1-4H3,(H,35,36). The number of nitrogens with two attached hydrogens (primary N) is 1. The van der Waals surface area contributed by atoms with Crippen LogP contribution in [0.2, 0.25) is 0 Å². The summed E-state index contributed by atoms with van der Waals surface area (Å²) in [7, 11) is 1.84. The summed E-state index contributed by atoms with van der Waals surface area (Å²) in [6.07, 6.45) is 2.25. The summed E-state index contributed by atoms with van der Waals surface area (Å²) in [5, 5.41) is 3.28. The lowest BCUT2D eigenvalue weighted by Gasteiger charge is -2.46. The van der Waals surface area contributed by atoms with E-state index in [0.717, 1.165) is 24.8 Å². The van der Waals surface area contributed by atoms with Crippen molar-refractivity contribution in [2.24, 2.45) is 23.5 Å². The van der Waals surface area contributed by atoms with Crippen molar-refractivity contribution in [1.82, 2.24) is 5.32 Å². The van der Waals surface area contributed by atoms with Crippen LogP contribution in [0.5, 0.6) is 0 Å². The van der Waals surface area contributed by atoms with Crippen molar-refractivity contribution >= 4 is 6.09 Å². The summed E-state index contributed by atoms with van der Waals surface area (Å²) in [5.41, 5.74) is 13.3. The number of alkyl carbamates (subject to hydrolysis) is 1. The molecular weight excluding hydrogens is 472 g/mol. The molecule has 3 aromatic carbocycles. The van der Waals surface area contributed by atoms with Crippen LogP contribution in [0.3, 0.4) is 0 Å². The smallest absolute Gasteiger partial charge is 0.408 e. The molecule has 3 aromatic rings. The lowest BCUT2D eigenvalue weighted by molar-refractivity contribution is -0.125. The highest BCUT2D eigenvalue weighted by atomic mass is 16.6. The molecule has 5 nitrogen and oxygen atoms in total. The Hall–Kier alpha value is -3.15. The molecule has 1 amide bonds. The van der Waals surface area contributed by atoms with Gasteiger partial charge in [0.2, 0.25) is 0 Å². The monoisotopic (exact) mass is 510 g/mol. The number of amides is 1. The van der Waals surface area contributed by atoms with Gasteiger partial charge in [-0.05, 0) is 79.3 Å². The van der Waals surface area contributed by atoms with Gasteiger partial charge in [-0.15, -0.1) is 0 Å². The molecule has 5 heteroatoms. The van der Waals surface area contributed by atoms with Crippen LogP contribution >= 0.6 is 0 Å². The van der Waals surface area contributed by atoms with Crippen molar-refractivity contribution in [1.29, 1.82) is 0 Å². The number of fused-ring (bicyclic) bond motifs is 3. The van der Waals surface area contributed by atoms with E-state index in [1.165, 1.54) is 27.8 Å². The van der Waals surface area contributed by atoms with Gasteiger partial charge in [0.05, 0.1) is 6.04 Å². The number of methoxy groups -OCH3 is 1. The first kappa shape index (κ1) is 25.1. The predicted octanol–water partition coefficient (Wildman–Crippen LogP) is 6.01. The fraction of sp³-hybridized carbons (Fsp3) is 0.424. The van der Waals surface area contributed by atoms with E-state index in [2.05, 4.69) is 72.0 Å². The van der Waals surface area contributed by atoms with Gasteiger partial charge in [0, 0.05) is 25.0 Å². The quantitative estimate of drug-likeness (QED) is 0.451. The van der Waals surface area contributed by atoms with Crippen molar-refractivity contribution in [3.05, 3.63) is 106 Å². The average molecular weight is 511 g/mol. The first-order chi connectivity index (χ1) is 18.2. The zero-order chi connectivity index (χ0) is 26.7. The minimum absolute atomic E-state index is 0.0121. The van der Waals surface area contributed by atoms with Crippen molar-refractivity contribution in [2.75, 3.05) is 7.11 Å². The molecule has 3 aliphatic rings. The van der Waals surface area contributed by atoms with E-state index < -0.39 is 17.3 Å². The van der Waals surface area contributed by atoms with Crippen LogP contribution in [-0.4, -0.2) is 18.8 Å². The van der Waals surface area contributed by atoms with Crippen LogP contribution in [0, 0.1) is 17.8 Å². The molecule has 3 aliphatic carbocycles. The Kier molecular flexibility index (Phi) is 6.12. The van der Waals surface area contributed by atoms with Gasteiger partial charge < -0.3 is 20.5 Å². The number of benzene rings is 3. The second-order valence-corrected chi connectivity index (χ2v) is 12.2. The van der Waals surface area contributed by atoms with Crippen molar-refractivity contribution in [3.8, 4) is 0 Å². The summed E-state index contributed by atoms with van der Waals surface area (Å²) < 4.78 is 12.5. The van der Waals surface area contributed by atoms with Gasteiger partial charge in [0.1, 0.15) is 11.2 Å². The summed E-state index contributed by atoms with van der Waals surface area (Å²) in [5.74, 6) is 0.377. The zero-order valence-electron chi connectivity index (χ0n) is 22.7. The molecule has 0 aliphatic heterocycles. The van der Waals surface area contributed by atoms with Crippen LogP contribution in [0.1, 0.15) is 66.2 Å². The Morgan fingerprint density at radius 1 is 0.842 bits per heavy atom. The van der Waals surface area contributed by atoms with E-state index in [1.54, 1.807) is 0 Å². The van der Waals surface area contributed by atoms with Crippen molar-refractivity contribution in [3.63, 3.8) is 0 Å². The third-order valence-electron chi connectivity index (χ3n) is 9.07. The maximum absolute atomic E-state index is 13.2. The van der Waals surface area contributed by atoms with Crippen LogP contribution in [0.4, 0.5) is 4.79 Å². The second kappa shape index (κ2) is 9.25. The fourth-order valence-electron chi connectivity index (χ4n) is 7.68. The lowest BCUT2D eigenvalue weighted by Crippen LogP contribution is -2.50. The topological polar surface area (TPSA) is 73.6 Å². The first-order valence-electron chi connectivity index (χ1n) is 13.8. The Morgan fingerprint density at radius 2 is 1.42 bits per heavy atom. The third kappa shape index (κ3) is 3.95. The Bertz CT molecular complexity index is 1360. The number of hydrogen-bond acceptors (Lipinski definition) is 4. The average Bonchev–Trinajstić information content (AvgIpc) is 3.53. The number of nitrogens with one attached hydrogen (secondary N) is 1. The molecule has 0 aromatic heterocycles. The Labute approximate surface area is 225 Å². The highest BCUT2D eigenvalue weighted by Gasteiger charge is 2.60. The van der Waals surface area contributed by atoms with Crippen molar-refractivity contribution in [2.45, 2.75) is 63.3 Å². The highest BCUT2D eigenvalue weighted by molar-refractivity contribution is 5.69. The molecule has 0 spiro atoms.